The molecule has 17 heteroatoms. The number of nitrogens with one attached hydrogen (secondary N) is 4. The molecule has 0 unspecified atom stereocenters. The van der Waals surface area contributed by atoms with Gasteiger partial charge in [-0.15, -0.1) is 10.2 Å². The first kappa shape index (κ1) is 29.6. The van der Waals surface area contributed by atoms with E-state index in [1.807, 2.05) is 35.7 Å². The van der Waals surface area contributed by atoms with Crippen LogP contribution in [0, 0.1) is 5.92 Å². The average molecular weight is 559 g/mol. The van der Waals surface area contributed by atoms with Gasteiger partial charge in [0.1, 0.15) is 35.8 Å². The van der Waals surface area contributed by atoms with Gasteiger partial charge in [-0.05, 0) is 30.2 Å². The minimum Gasteiger partial charge on any atom is -0.494 e. The van der Waals surface area contributed by atoms with Crippen molar-refractivity contribution in [3.63, 3.8) is 0 Å². The van der Waals surface area contributed by atoms with E-state index in [4.69, 9.17) is 9.47 Å². The first-order valence-corrected chi connectivity index (χ1v) is 13.2. The number of ether oxygens (including phenoxy) is 2. The normalized spacial score (nSPS) is 12.8. The molecule has 2 heterocycles. The van der Waals surface area contributed by atoms with Crippen LogP contribution in [-0.2, 0) is 20.9 Å². The number of benzene rings is 1. The van der Waals surface area contributed by atoms with Gasteiger partial charge in [-0.3, -0.25) is 14.4 Å². The summed E-state index contributed by atoms with van der Waals surface area (Å²) in [5.74, 6) is -0.121. The van der Waals surface area contributed by atoms with E-state index in [0.717, 1.165) is 12.8 Å². The summed E-state index contributed by atoms with van der Waals surface area (Å²) in [6.45, 7) is 0.679. The summed E-state index contributed by atoms with van der Waals surface area (Å²) in [4.78, 5) is 38.5. The van der Waals surface area contributed by atoms with Crippen molar-refractivity contribution in [2.45, 2.75) is 24.6 Å². The second-order valence-electron chi connectivity index (χ2n) is 10.6. The summed E-state index contributed by atoms with van der Waals surface area (Å²) in [7, 11) is 8.57. The van der Waals surface area contributed by atoms with Crippen LogP contribution in [0.25, 0.3) is 11.3 Å². The second kappa shape index (κ2) is 12.8. The van der Waals surface area contributed by atoms with E-state index >= 15 is 0 Å². The Hall–Kier alpha value is -4.40. The van der Waals surface area contributed by atoms with E-state index in [0.29, 0.717) is 41.5 Å². The zero-order valence-electron chi connectivity index (χ0n) is 23.8. The number of para-hydroxylation sites is 1. The van der Waals surface area contributed by atoms with E-state index in [-0.39, 0.29) is 35.9 Å². The predicted molar refractivity (Wildman–Crippen MR) is 159 cm³/mol. The van der Waals surface area contributed by atoms with Crippen molar-refractivity contribution >= 4 is 58.5 Å². The third kappa shape index (κ3) is 8.07. The molecule has 1 aliphatic carbocycles. The van der Waals surface area contributed by atoms with E-state index in [2.05, 4.69) is 41.7 Å². The van der Waals surface area contributed by atoms with E-state index in [1.54, 1.807) is 18.3 Å². The van der Waals surface area contributed by atoms with Crippen LogP contribution in [0.4, 0.5) is 17.2 Å². The molecule has 41 heavy (non-hydrogen) atoms. The summed E-state index contributed by atoms with van der Waals surface area (Å²) in [5, 5.41) is 28.1. The van der Waals surface area contributed by atoms with Crippen LogP contribution in [-0.4, -0.2) is 99.1 Å². The van der Waals surface area contributed by atoms with Gasteiger partial charge in [0.15, 0.2) is 17.3 Å². The number of carbonyl (C=O) groups excluding carboxylic acids is 3. The summed E-state index contributed by atoms with van der Waals surface area (Å²) in [6, 6.07) is 7.00. The van der Waals surface area contributed by atoms with Crippen molar-refractivity contribution in [1.82, 2.24) is 35.8 Å². The number of nitrogens with zero attached hydrogens (tertiary/aromatic N) is 5. The standard InChI is InChI=1S/C24H32B3N9O5/c1-40-12-19(37)28-8-9-36-29-11-17(35-36)14-4-3-5-15(21(14)41-2)30-16-10-18(31-22(38)13-6-7-13)33-34-20(16)23(39)32-24(25,26)27/h3-5,10-11,13H,6-9,12,25-27H2,1-2H3,(H,28,37)(H,32,39)(H2,30,31,33,38). The Morgan fingerprint density at radius 2 is 1.90 bits per heavy atom. The van der Waals surface area contributed by atoms with Crippen LogP contribution in [0.2, 0.25) is 0 Å². The molecule has 0 radical (unpaired) electrons. The topological polar surface area (TPSA) is 174 Å². The molecular formula is C24H32B3N9O5. The maximum atomic E-state index is 13.1. The van der Waals surface area contributed by atoms with Crippen molar-refractivity contribution in [2.75, 3.05) is 38.0 Å². The lowest BCUT2D eigenvalue weighted by atomic mass is 9.49. The molecule has 4 rings (SSSR count). The van der Waals surface area contributed by atoms with E-state index in [1.165, 1.54) is 19.0 Å². The Bertz CT molecular complexity index is 1430. The Kier molecular flexibility index (Phi) is 9.27. The lowest BCUT2D eigenvalue weighted by Crippen LogP contribution is -2.50. The molecule has 0 bridgehead atoms. The van der Waals surface area contributed by atoms with Gasteiger partial charge in [0.05, 0.1) is 31.2 Å². The third-order valence-electron chi connectivity index (χ3n) is 5.91. The molecular weight excluding hydrogens is 527 g/mol. The highest BCUT2D eigenvalue weighted by molar-refractivity contribution is 6.60. The fourth-order valence-electron chi connectivity index (χ4n) is 3.90. The Balaban J connectivity index is 1.60. The molecule has 14 nitrogen and oxygen atoms in total. The summed E-state index contributed by atoms with van der Waals surface area (Å²) >= 11 is 0. The zero-order valence-corrected chi connectivity index (χ0v) is 23.8. The van der Waals surface area contributed by atoms with E-state index < -0.39 is 11.1 Å². The maximum absolute atomic E-state index is 13.1. The van der Waals surface area contributed by atoms with Gasteiger partial charge in [-0.1, -0.05) is 6.07 Å². The number of rotatable bonds is 13. The van der Waals surface area contributed by atoms with Gasteiger partial charge in [0.25, 0.3) is 5.91 Å². The molecule has 0 atom stereocenters. The van der Waals surface area contributed by atoms with Gasteiger partial charge >= 0.3 is 0 Å². The minimum absolute atomic E-state index is 0.0181. The van der Waals surface area contributed by atoms with Crippen LogP contribution in [0.1, 0.15) is 23.3 Å². The fraction of sp³-hybridized carbons (Fsp3) is 0.375. The molecule has 1 saturated carbocycles. The van der Waals surface area contributed by atoms with E-state index in [9.17, 15) is 14.4 Å². The second-order valence-corrected chi connectivity index (χ2v) is 10.6. The Morgan fingerprint density at radius 3 is 2.59 bits per heavy atom. The molecule has 0 aliphatic heterocycles. The molecule has 3 amide bonds. The molecule has 1 aliphatic rings. The molecule has 1 fully saturated rings. The van der Waals surface area contributed by atoms with Crippen molar-refractivity contribution in [2.24, 2.45) is 5.92 Å². The number of aromatic nitrogens is 5. The smallest absolute Gasteiger partial charge is 0.272 e. The Labute approximate surface area is 239 Å². The fourth-order valence-corrected chi connectivity index (χ4v) is 3.90. The molecule has 212 valence electrons. The monoisotopic (exact) mass is 559 g/mol. The van der Waals surface area contributed by atoms with Gasteiger partial charge in [0.2, 0.25) is 11.8 Å². The van der Waals surface area contributed by atoms with Gasteiger partial charge in [-0.2, -0.15) is 15.0 Å². The lowest BCUT2D eigenvalue weighted by Gasteiger charge is -2.22. The highest BCUT2D eigenvalue weighted by Crippen LogP contribution is 2.37. The van der Waals surface area contributed by atoms with Crippen LogP contribution in [0.3, 0.4) is 0 Å². The first-order chi connectivity index (χ1) is 19.6. The number of hydrogen-bond donors (Lipinski definition) is 4. The largest absolute Gasteiger partial charge is 0.494 e. The number of amides is 3. The maximum Gasteiger partial charge on any atom is 0.272 e. The summed E-state index contributed by atoms with van der Waals surface area (Å²) in [5.41, 5.74) is 2.11. The number of methoxy groups -OCH3 is 2. The number of carbonyl (C=O) groups is 3. The van der Waals surface area contributed by atoms with Crippen LogP contribution >= 0.6 is 0 Å². The quantitative estimate of drug-likeness (QED) is 0.169. The third-order valence-corrected chi connectivity index (χ3v) is 5.91. The van der Waals surface area contributed by atoms with Crippen molar-refractivity contribution in [3.05, 3.63) is 36.2 Å². The average Bonchev–Trinajstić information content (AvgIpc) is 3.66. The van der Waals surface area contributed by atoms with Gasteiger partial charge in [-0.25, -0.2) is 0 Å². The summed E-state index contributed by atoms with van der Waals surface area (Å²) < 4.78 is 10.6. The molecule has 4 N–H and O–H groups in total. The molecule has 2 aromatic heterocycles. The number of hydrogen-bond acceptors (Lipinski definition) is 10. The summed E-state index contributed by atoms with van der Waals surface area (Å²) in [6.07, 6.45) is 3.28. The van der Waals surface area contributed by atoms with Crippen LogP contribution in [0.5, 0.6) is 5.75 Å². The zero-order chi connectivity index (χ0) is 29.6. The predicted octanol–water partition coefficient (Wildman–Crippen LogP) is -2.16. The molecule has 1 aromatic carbocycles. The van der Waals surface area contributed by atoms with Crippen molar-refractivity contribution in [1.29, 1.82) is 0 Å². The number of anilines is 3. The van der Waals surface area contributed by atoms with Gasteiger partial charge in [0, 0.05) is 31.2 Å². The SMILES string of the molecule is BC(B)(B)NC(=O)c1nnc(NC(=O)C2CC2)cc1Nc1cccc(-c2cnn(CCNC(=O)COC)n2)c1OC. The lowest BCUT2D eigenvalue weighted by molar-refractivity contribution is -0.124. The molecule has 0 saturated heterocycles. The Morgan fingerprint density at radius 1 is 1.12 bits per heavy atom. The van der Waals surface area contributed by atoms with Gasteiger partial charge < -0.3 is 30.7 Å². The first-order valence-electron chi connectivity index (χ1n) is 13.2. The van der Waals surface area contributed by atoms with Crippen LogP contribution in [0.15, 0.2) is 30.5 Å². The highest BCUT2D eigenvalue weighted by atomic mass is 16.5. The van der Waals surface area contributed by atoms with Crippen LogP contribution < -0.4 is 26.0 Å². The highest BCUT2D eigenvalue weighted by Gasteiger charge is 2.30. The minimum atomic E-state index is -0.509. The molecule has 0 spiro atoms. The van der Waals surface area contributed by atoms with Crippen molar-refractivity contribution < 1.29 is 23.9 Å². The van der Waals surface area contributed by atoms with Crippen molar-refractivity contribution in [3.8, 4) is 17.0 Å². The molecule has 3 aromatic rings.